The van der Waals surface area contributed by atoms with E-state index in [0.29, 0.717) is 21.5 Å². The molecule has 0 spiro atoms. The van der Waals surface area contributed by atoms with Gasteiger partial charge in [0, 0.05) is 16.5 Å². The van der Waals surface area contributed by atoms with Gasteiger partial charge in [-0.3, -0.25) is 14.5 Å². The molecular weight excluding hydrogens is 718 g/mol. The average Bonchev–Trinajstić information content (AvgIpc) is 3.93. The van der Waals surface area contributed by atoms with Gasteiger partial charge in [-0.25, -0.2) is 18.8 Å². The average molecular weight is 756 g/mol. The molecule has 4 aromatic rings. The molecule has 3 heterocycles. The Morgan fingerprint density at radius 1 is 1.09 bits per heavy atom. The van der Waals surface area contributed by atoms with Crippen LogP contribution in [-0.4, -0.2) is 65.5 Å². The molecule has 17 heteroatoms. The first-order valence-electron chi connectivity index (χ1n) is 17.2. The highest BCUT2D eigenvalue weighted by Crippen LogP contribution is 2.49. The van der Waals surface area contributed by atoms with Gasteiger partial charge in [0.05, 0.1) is 29.7 Å². The fourth-order valence-electron chi connectivity index (χ4n) is 6.64. The first-order chi connectivity index (χ1) is 25.1. The summed E-state index contributed by atoms with van der Waals surface area (Å²) in [6.45, 7) is 1.20. The van der Waals surface area contributed by atoms with Crippen LogP contribution < -0.4 is 5.73 Å². The van der Waals surface area contributed by atoms with Crippen molar-refractivity contribution in [3.63, 3.8) is 0 Å². The maximum atomic E-state index is 15.0. The van der Waals surface area contributed by atoms with Crippen LogP contribution in [0, 0.1) is 10.8 Å². The number of ether oxygens (including phenoxy) is 1. The van der Waals surface area contributed by atoms with Gasteiger partial charge in [0.2, 0.25) is 6.43 Å². The highest BCUT2D eigenvalue weighted by Gasteiger charge is 2.55. The van der Waals surface area contributed by atoms with Crippen molar-refractivity contribution in [3.05, 3.63) is 71.1 Å². The third-order valence-corrected chi connectivity index (χ3v) is 10.6. The zero-order valence-electron chi connectivity index (χ0n) is 29.2. The van der Waals surface area contributed by atoms with E-state index < -0.39 is 54.9 Å². The van der Waals surface area contributed by atoms with Crippen molar-refractivity contribution in [1.29, 1.82) is 0 Å². The number of benzene rings is 2. The number of rotatable bonds is 14. The summed E-state index contributed by atoms with van der Waals surface area (Å²) >= 11 is 6.48. The van der Waals surface area contributed by atoms with Crippen LogP contribution in [0.2, 0.25) is 5.02 Å². The number of carbonyl (C=O) groups excluding carboxylic acids is 2. The fraction of sp³-hybridized carbons (Fsp3) is 0.472. The molecule has 1 aliphatic heterocycles. The van der Waals surface area contributed by atoms with Crippen molar-refractivity contribution >= 4 is 29.4 Å². The molecule has 280 valence electrons. The smallest absolute Gasteiger partial charge is 0.335 e. The van der Waals surface area contributed by atoms with Crippen LogP contribution in [0.5, 0.6) is 0 Å². The highest BCUT2D eigenvalue weighted by molar-refractivity contribution is 6.33. The predicted molar refractivity (Wildman–Crippen MR) is 186 cm³/mol. The van der Waals surface area contributed by atoms with E-state index in [0.717, 1.165) is 36.9 Å². The SMILES string of the molecule is CC1(CC(=O)OC[C@H](c2ccc(Cl)c(-c3ncnn3C(F)F)c2)N2C(=O)[C@@](CC(C)(C)C(F)F)(c3ccc(-c4cnn(C5CC5)n4)cc3)N=C2N)CC1. The summed E-state index contributed by atoms with van der Waals surface area (Å²) in [6.07, 6.45) is 3.21. The third-order valence-electron chi connectivity index (χ3n) is 10.2. The van der Waals surface area contributed by atoms with Crippen molar-refractivity contribution in [3.8, 4) is 22.6 Å². The van der Waals surface area contributed by atoms with Gasteiger partial charge in [0.15, 0.2) is 17.3 Å². The molecule has 2 atom stereocenters. The van der Waals surface area contributed by atoms with Crippen LogP contribution in [0.25, 0.3) is 22.6 Å². The van der Waals surface area contributed by atoms with Crippen LogP contribution in [0.3, 0.4) is 0 Å². The lowest BCUT2D eigenvalue weighted by Crippen LogP contribution is -2.48. The molecule has 2 fully saturated rings. The van der Waals surface area contributed by atoms with Gasteiger partial charge in [-0.15, -0.1) is 0 Å². The molecule has 0 saturated heterocycles. The topological polar surface area (TPSA) is 146 Å². The quantitative estimate of drug-likeness (QED) is 0.106. The normalized spacial score (nSPS) is 20.3. The van der Waals surface area contributed by atoms with Gasteiger partial charge in [-0.2, -0.15) is 33.6 Å². The zero-order valence-corrected chi connectivity index (χ0v) is 30.0. The van der Waals surface area contributed by atoms with E-state index in [9.17, 15) is 27.2 Å². The summed E-state index contributed by atoms with van der Waals surface area (Å²) in [7, 11) is 0. The van der Waals surface area contributed by atoms with Crippen molar-refractivity contribution in [2.24, 2.45) is 21.6 Å². The molecule has 12 nitrogen and oxygen atoms in total. The lowest BCUT2D eigenvalue weighted by atomic mass is 9.74. The van der Waals surface area contributed by atoms with Crippen LogP contribution in [0.1, 0.15) is 89.1 Å². The largest absolute Gasteiger partial charge is 0.463 e. The first kappa shape index (κ1) is 36.5. The van der Waals surface area contributed by atoms with Crippen molar-refractivity contribution in [1.82, 2.24) is 34.7 Å². The number of guanidine groups is 1. The van der Waals surface area contributed by atoms with E-state index in [1.807, 2.05) is 6.92 Å². The molecule has 2 aromatic heterocycles. The number of halogens is 5. The number of hydrogen-bond acceptors (Lipinski definition) is 9. The Balaban J connectivity index is 1.28. The molecule has 3 aliphatic rings. The third kappa shape index (κ3) is 7.12. The van der Waals surface area contributed by atoms with Crippen LogP contribution >= 0.6 is 11.6 Å². The summed E-state index contributed by atoms with van der Waals surface area (Å²) in [4.78, 5) is 39.4. The number of aliphatic imine (C=N–C) groups is 1. The molecule has 2 aliphatic carbocycles. The molecule has 7 rings (SSSR count). The standard InChI is InChI=1S/C36H38ClF4N9O3/c1-34(2,30(38)39)18-36(22-7-4-20(5-8-22)26-16-44-50(47-26)23-9-10-23)31(52)48(33(42)46-36)27(17-53-28(51)15-35(3)12-13-35)21-6-11-25(37)24(14-21)29-43-19-45-49(29)32(40)41/h4-8,11,14,16,19,23,27,30,32H,9-10,12-13,15,17-18H2,1-3H3,(H2,42,46)/t27-,36-/m1/s1. The number of aromatic nitrogens is 6. The summed E-state index contributed by atoms with van der Waals surface area (Å²) in [5.41, 5.74) is 4.71. The van der Waals surface area contributed by atoms with Crippen molar-refractivity contribution in [2.45, 2.75) is 89.9 Å². The van der Waals surface area contributed by atoms with Crippen LogP contribution in [0.15, 0.2) is 60.0 Å². The summed E-state index contributed by atoms with van der Waals surface area (Å²) < 4.78 is 62.9. The first-order valence-corrected chi connectivity index (χ1v) is 17.6. The van der Waals surface area contributed by atoms with E-state index in [1.54, 1.807) is 35.3 Å². The Kier molecular flexibility index (Phi) is 9.31. The maximum absolute atomic E-state index is 15.0. The van der Waals surface area contributed by atoms with Gasteiger partial charge in [0.1, 0.15) is 18.6 Å². The number of alkyl halides is 4. The number of nitrogens with zero attached hydrogens (tertiary/aromatic N) is 8. The predicted octanol–water partition coefficient (Wildman–Crippen LogP) is 7.10. The molecule has 2 saturated carbocycles. The molecule has 53 heavy (non-hydrogen) atoms. The summed E-state index contributed by atoms with van der Waals surface area (Å²) in [5, 5.41) is 12.6. The van der Waals surface area contributed by atoms with E-state index in [2.05, 4.69) is 25.3 Å². The van der Waals surface area contributed by atoms with Crippen molar-refractivity contribution in [2.75, 3.05) is 6.61 Å². The number of amides is 1. The Labute approximate surface area is 307 Å². The molecule has 1 amide bonds. The second-order valence-electron chi connectivity index (χ2n) is 15.1. The Hall–Kier alpha value is -4.86. The second-order valence-corrected chi connectivity index (χ2v) is 15.5. The zero-order chi connectivity index (χ0) is 37.9. The van der Waals surface area contributed by atoms with Gasteiger partial charge >= 0.3 is 12.5 Å². The highest BCUT2D eigenvalue weighted by atomic mass is 35.5. The molecule has 0 unspecified atom stereocenters. The maximum Gasteiger partial charge on any atom is 0.335 e. The van der Waals surface area contributed by atoms with Gasteiger partial charge in [-0.05, 0) is 60.8 Å². The van der Waals surface area contributed by atoms with E-state index in [4.69, 9.17) is 22.1 Å². The van der Waals surface area contributed by atoms with Gasteiger partial charge < -0.3 is 10.5 Å². The minimum Gasteiger partial charge on any atom is -0.463 e. The van der Waals surface area contributed by atoms with Crippen LogP contribution in [-0.2, 0) is 19.9 Å². The summed E-state index contributed by atoms with van der Waals surface area (Å²) in [6, 6.07) is 10.2. The monoisotopic (exact) mass is 755 g/mol. The van der Waals surface area contributed by atoms with Gasteiger partial charge in [-0.1, -0.05) is 62.7 Å². The van der Waals surface area contributed by atoms with Crippen molar-refractivity contribution < 1.29 is 31.9 Å². The van der Waals surface area contributed by atoms with Crippen LogP contribution in [0.4, 0.5) is 17.6 Å². The van der Waals surface area contributed by atoms with E-state index >= 15 is 0 Å². The number of carbonyl (C=O) groups is 2. The lowest BCUT2D eigenvalue weighted by molar-refractivity contribution is -0.149. The molecule has 2 N–H and O–H groups in total. The molecular formula is C36H38ClF4N9O3. The van der Waals surface area contributed by atoms with E-state index in [1.165, 1.54) is 32.0 Å². The molecule has 0 radical (unpaired) electrons. The number of nitrogens with two attached hydrogens (primary N) is 1. The summed E-state index contributed by atoms with van der Waals surface area (Å²) in [5.74, 6) is -1.80. The number of esters is 1. The molecule has 0 bridgehead atoms. The Morgan fingerprint density at radius 2 is 1.81 bits per heavy atom. The Bertz CT molecular complexity index is 2060. The lowest BCUT2D eigenvalue weighted by Gasteiger charge is -2.36. The fourth-order valence-corrected chi connectivity index (χ4v) is 6.84. The molecule has 2 aromatic carbocycles. The van der Waals surface area contributed by atoms with E-state index in [-0.39, 0.29) is 45.8 Å². The minimum atomic E-state index is -3.04. The second kappa shape index (κ2) is 13.5. The Morgan fingerprint density at radius 3 is 2.45 bits per heavy atom. The van der Waals surface area contributed by atoms with Gasteiger partial charge in [0.25, 0.3) is 5.91 Å². The number of hydrogen-bond donors (Lipinski definition) is 1. The minimum absolute atomic E-state index is 0.0562.